The maximum atomic E-state index is 12.1. The molecule has 0 fully saturated rings. The number of rotatable bonds is 3. The van der Waals surface area contributed by atoms with E-state index >= 15 is 0 Å². The third-order valence-corrected chi connectivity index (χ3v) is 3.54. The first-order valence-corrected chi connectivity index (χ1v) is 7.17. The van der Waals surface area contributed by atoms with E-state index in [-0.39, 0.29) is 11.3 Å². The molecule has 2 rings (SSSR count). The smallest absolute Gasteiger partial charge is 0.275 e. The highest BCUT2D eigenvalue weighted by Gasteiger charge is 2.11. The molecule has 0 atom stereocenters. The standard InChI is InChI=1S/C17H17ClN2O2/c1-10-4-6-14(11(2)8-10)12(3)19-20-17(22)15-9-13(18)5-7-16(15)21/h4-9,21H,1-3H3,(H,20,22). The first-order chi connectivity index (χ1) is 10.4. The number of benzene rings is 2. The average Bonchev–Trinajstić information content (AvgIpc) is 2.47. The summed E-state index contributed by atoms with van der Waals surface area (Å²) in [4.78, 5) is 12.1. The minimum Gasteiger partial charge on any atom is -0.507 e. The maximum absolute atomic E-state index is 12.1. The number of hydrogen-bond acceptors (Lipinski definition) is 3. The second-order valence-corrected chi connectivity index (χ2v) is 5.55. The molecule has 0 aromatic heterocycles. The molecule has 0 aliphatic carbocycles. The third kappa shape index (κ3) is 3.65. The van der Waals surface area contributed by atoms with Gasteiger partial charge in [-0.2, -0.15) is 5.10 Å². The molecule has 0 saturated heterocycles. The van der Waals surface area contributed by atoms with Crippen LogP contribution in [0.3, 0.4) is 0 Å². The number of aryl methyl sites for hydroxylation is 2. The van der Waals surface area contributed by atoms with Crippen molar-refractivity contribution < 1.29 is 9.90 Å². The summed E-state index contributed by atoms with van der Waals surface area (Å²) in [6.07, 6.45) is 0. The van der Waals surface area contributed by atoms with Crippen LogP contribution in [0.2, 0.25) is 5.02 Å². The summed E-state index contributed by atoms with van der Waals surface area (Å²) < 4.78 is 0. The fourth-order valence-electron chi connectivity index (χ4n) is 2.16. The number of phenolic OH excluding ortho intramolecular Hbond substituents is 1. The lowest BCUT2D eigenvalue weighted by molar-refractivity contribution is 0.0952. The van der Waals surface area contributed by atoms with E-state index in [2.05, 4.69) is 16.6 Å². The zero-order valence-electron chi connectivity index (χ0n) is 12.6. The van der Waals surface area contributed by atoms with Crippen molar-refractivity contribution in [1.29, 1.82) is 0 Å². The Labute approximate surface area is 134 Å². The van der Waals surface area contributed by atoms with E-state index in [0.29, 0.717) is 10.7 Å². The molecule has 0 saturated carbocycles. The zero-order valence-corrected chi connectivity index (χ0v) is 13.4. The number of hydrogen-bond donors (Lipinski definition) is 2. The lowest BCUT2D eigenvalue weighted by atomic mass is 10.0. The van der Waals surface area contributed by atoms with Gasteiger partial charge in [0.1, 0.15) is 5.75 Å². The molecule has 0 bridgehead atoms. The SMILES string of the molecule is CC(=NNC(=O)c1cc(Cl)ccc1O)c1ccc(C)cc1C. The first-order valence-electron chi connectivity index (χ1n) is 6.79. The molecule has 5 heteroatoms. The van der Waals surface area contributed by atoms with Crippen LogP contribution in [0.4, 0.5) is 0 Å². The fourth-order valence-corrected chi connectivity index (χ4v) is 2.34. The summed E-state index contributed by atoms with van der Waals surface area (Å²) in [5, 5.41) is 14.2. The Morgan fingerprint density at radius 3 is 2.55 bits per heavy atom. The van der Waals surface area contributed by atoms with E-state index < -0.39 is 5.91 Å². The van der Waals surface area contributed by atoms with Gasteiger partial charge < -0.3 is 5.11 Å². The topological polar surface area (TPSA) is 61.7 Å². The Balaban J connectivity index is 2.20. The number of nitrogens with one attached hydrogen (secondary N) is 1. The normalized spacial score (nSPS) is 11.4. The Kier molecular flexibility index (Phi) is 4.83. The molecule has 2 aromatic rings. The summed E-state index contributed by atoms with van der Waals surface area (Å²) in [5.41, 5.74) is 6.42. The van der Waals surface area contributed by atoms with Crippen LogP contribution in [0.5, 0.6) is 5.75 Å². The van der Waals surface area contributed by atoms with Crippen molar-refractivity contribution in [2.24, 2.45) is 5.10 Å². The van der Waals surface area contributed by atoms with Gasteiger partial charge in [-0.25, -0.2) is 5.43 Å². The molecule has 0 aliphatic heterocycles. The zero-order chi connectivity index (χ0) is 16.3. The number of phenols is 1. The van der Waals surface area contributed by atoms with E-state index in [1.807, 2.05) is 32.9 Å². The maximum Gasteiger partial charge on any atom is 0.275 e. The highest BCUT2D eigenvalue weighted by Crippen LogP contribution is 2.21. The molecular weight excluding hydrogens is 300 g/mol. The van der Waals surface area contributed by atoms with Gasteiger partial charge in [0.15, 0.2) is 0 Å². The van der Waals surface area contributed by atoms with E-state index in [9.17, 15) is 9.90 Å². The van der Waals surface area contributed by atoms with Gasteiger partial charge in [-0.3, -0.25) is 4.79 Å². The summed E-state index contributed by atoms with van der Waals surface area (Å²) >= 11 is 5.83. The van der Waals surface area contributed by atoms with Crippen molar-refractivity contribution in [3.63, 3.8) is 0 Å². The molecule has 114 valence electrons. The number of aromatic hydroxyl groups is 1. The monoisotopic (exact) mass is 316 g/mol. The second kappa shape index (κ2) is 6.62. The third-order valence-electron chi connectivity index (χ3n) is 3.30. The average molecular weight is 317 g/mol. The lowest BCUT2D eigenvalue weighted by Gasteiger charge is -2.08. The second-order valence-electron chi connectivity index (χ2n) is 5.12. The van der Waals surface area contributed by atoms with Crippen molar-refractivity contribution in [3.05, 3.63) is 63.7 Å². The molecule has 0 unspecified atom stereocenters. The molecule has 0 heterocycles. The van der Waals surface area contributed by atoms with Crippen molar-refractivity contribution in [3.8, 4) is 5.75 Å². The summed E-state index contributed by atoms with van der Waals surface area (Å²) in [7, 11) is 0. The van der Waals surface area contributed by atoms with Gasteiger partial charge in [-0.05, 0) is 44.5 Å². The summed E-state index contributed by atoms with van der Waals surface area (Å²) in [6, 6.07) is 10.3. The Morgan fingerprint density at radius 1 is 1.14 bits per heavy atom. The number of carbonyl (C=O) groups is 1. The largest absolute Gasteiger partial charge is 0.507 e. The van der Waals surface area contributed by atoms with Crippen LogP contribution in [0.25, 0.3) is 0 Å². The van der Waals surface area contributed by atoms with Crippen molar-refractivity contribution in [2.45, 2.75) is 20.8 Å². The molecule has 22 heavy (non-hydrogen) atoms. The quantitative estimate of drug-likeness (QED) is 0.668. The van der Waals surface area contributed by atoms with Crippen LogP contribution in [-0.2, 0) is 0 Å². The van der Waals surface area contributed by atoms with E-state index in [0.717, 1.165) is 11.1 Å². The van der Waals surface area contributed by atoms with Gasteiger partial charge >= 0.3 is 0 Å². The molecule has 0 aliphatic rings. The molecule has 0 spiro atoms. The Hall–Kier alpha value is -2.33. The first kappa shape index (κ1) is 16.0. The van der Waals surface area contributed by atoms with Crippen LogP contribution in [0.1, 0.15) is 34.0 Å². The van der Waals surface area contributed by atoms with Gasteiger partial charge in [0.25, 0.3) is 5.91 Å². The number of halogens is 1. The van der Waals surface area contributed by atoms with E-state index in [1.165, 1.54) is 23.8 Å². The van der Waals surface area contributed by atoms with Crippen LogP contribution >= 0.6 is 11.6 Å². The predicted molar refractivity (Wildman–Crippen MR) is 88.7 cm³/mol. The Morgan fingerprint density at radius 2 is 1.86 bits per heavy atom. The fraction of sp³-hybridized carbons (Fsp3) is 0.176. The minimum atomic E-state index is -0.510. The van der Waals surface area contributed by atoms with Gasteiger partial charge in [0.05, 0.1) is 11.3 Å². The molecular formula is C17H17ClN2O2. The predicted octanol–water partition coefficient (Wildman–Crippen LogP) is 3.82. The van der Waals surface area contributed by atoms with Crippen LogP contribution in [-0.4, -0.2) is 16.7 Å². The van der Waals surface area contributed by atoms with Crippen LogP contribution in [0, 0.1) is 13.8 Å². The van der Waals surface area contributed by atoms with E-state index in [1.54, 1.807) is 0 Å². The van der Waals surface area contributed by atoms with Crippen LogP contribution < -0.4 is 5.43 Å². The van der Waals surface area contributed by atoms with E-state index in [4.69, 9.17) is 11.6 Å². The number of hydrazone groups is 1. The molecule has 0 radical (unpaired) electrons. The summed E-state index contributed by atoms with van der Waals surface area (Å²) in [5.74, 6) is -0.648. The number of amides is 1. The lowest BCUT2D eigenvalue weighted by Crippen LogP contribution is -2.19. The summed E-state index contributed by atoms with van der Waals surface area (Å²) in [6.45, 7) is 5.83. The van der Waals surface area contributed by atoms with Gasteiger partial charge in [0.2, 0.25) is 0 Å². The van der Waals surface area contributed by atoms with Gasteiger partial charge in [0, 0.05) is 10.6 Å². The van der Waals surface area contributed by atoms with Crippen molar-refractivity contribution in [2.75, 3.05) is 0 Å². The highest BCUT2D eigenvalue weighted by atomic mass is 35.5. The molecule has 2 aromatic carbocycles. The number of carbonyl (C=O) groups excluding carboxylic acids is 1. The number of nitrogens with zero attached hydrogens (tertiary/aromatic N) is 1. The van der Waals surface area contributed by atoms with Gasteiger partial charge in [-0.15, -0.1) is 0 Å². The molecule has 4 nitrogen and oxygen atoms in total. The van der Waals surface area contributed by atoms with Crippen molar-refractivity contribution >= 4 is 23.2 Å². The minimum absolute atomic E-state index is 0.0877. The molecule has 2 N–H and O–H groups in total. The van der Waals surface area contributed by atoms with Crippen LogP contribution in [0.15, 0.2) is 41.5 Å². The van der Waals surface area contributed by atoms with Crippen molar-refractivity contribution in [1.82, 2.24) is 5.43 Å². The highest BCUT2D eigenvalue weighted by molar-refractivity contribution is 6.31. The Bertz CT molecular complexity index is 754. The van der Waals surface area contributed by atoms with Gasteiger partial charge in [-0.1, -0.05) is 35.4 Å². The molecule has 1 amide bonds.